The van der Waals surface area contributed by atoms with E-state index in [4.69, 9.17) is 21.7 Å². The summed E-state index contributed by atoms with van der Waals surface area (Å²) < 4.78 is 28.1. The molecule has 5 rings (SSSR count). The number of hydrogen-bond donors (Lipinski definition) is 3. The first kappa shape index (κ1) is 28.6. The number of likely N-dealkylation sites (tertiary alicyclic amines) is 1. The summed E-state index contributed by atoms with van der Waals surface area (Å²) in [6.45, 7) is 6.61. The number of carbonyl (C=O) groups excluding carboxylic acids is 1. The van der Waals surface area contributed by atoms with Crippen LogP contribution in [0.1, 0.15) is 60.3 Å². The van der Waals surface area contributed by atoms with Crippen molar-refractivity contribution in [2.24, 2.45) is 0 Å². The number of piperidine rings is 1. The first-order valence-electron chi connectivity index (χ1n) is 13.7. The number of anilines is 2. The summed E-state index contributed by atoms with van der Waals surface area (Å²) in [6.07, 6.45) is 5.99. The Labute approximate surface area is 239 Å². The average Bonchev–Trinajstić information content (AvgIpc) is 3.49. The van der Waals surface area contributed by atoms with Gasteiger partial charge in [-0.2, -0.15) is 5.10 Å². The molecule has 3 unspecified atom stereocenters. The number of nitrogens with one attached hydrogen (secondary N) is 2. The first-order chi connectivity index (χ1) is 19.0. The van der Waals surface area contributed by atoms with Gasteiger partial charge < -0.3 is 20.2 Å². The van der Waals surface area contributed by atoms with Crippen LogP contribution < -0.4 is 14.9 Å². The molecule has 4 heterocycles. The van der Waals surface area contributed by atoms with E-state index in [1.165, 1.54) is 12.1 Å². The third-order valence-electron chi connectivity index (χ3n) is 7.48. The van der Waals surface area contributed by atoms with Crippen LogP contribution in [0.15, 0.2) is 30.5 Å². The molecule has 1 amide bonds. The van der Waals surface area contributed by atoms with Gasteiger partial charge in [-0.25, -0.2) is 17.9 Å². The maximum atomic E-state index is 13.8. The number of halogens is 1. The molecule has 0 bridgehead atoms. The number of fused-ring (bicyclic) bond motifs is 1. The second kappa shape index (κ2) is 11.5. The number of aliphatic hydroxyl groups is 1. The summed E-state index contributed by atoms with van der Waals surface area (Å²) in [5, 5.41) is 19.1. The van der Waals surface area contributed by atoms with Crippen molar-refractivity contribution in [2.45, 2.75) is 57.7 Å². The normalized spacial score (nSPS) is 21.8. The lowest BCUT2D eigenvalue weighted by Gasteiger charge is -2.35. The largest absolute Gasteiger partial charge is 0.390 e. The highest BCUT2D eigenvalue weighted by Crippen LogP contribution is 2.34. The van der Waals surface area contributed by atoms with Gasteiger partial charge in [0.25, 0.3) is 5.91 Å². The van der Waals surface area contributed by atoms with Gasteiger partial charge in [-0.3, -0.25) is 9.52 Å². The van der Waals surface area contributed by atoms with Gasteiger partial charge in [-0.15, -0.1) is 0 Å². The van der Waals surface area contributed by atoms with Crippen molar-refractivity contribution in [3.63, 3.8) is 0 Å². The molecule has 13 heteroatoms. The molecule has 3 N–H and O–H groups in total. The van der Waals surface area contributed by atoms with Crippen LogP contribution in [0.5, 0.6) is 0 Å². The molecule has 0 aliphatic carbocycles. The minimum Gasteiger partial charge on any atom is -0.390 e. The Morgan fingerprint density at radius 3 is 2.77 bits per heavy atom. The first-order valence-corrected chi connectivity index (χ1v) is 15.9. The topological polar surface area (TPSA) is 132 Å². The van der Waals surface area contributed by atoms with Crippen LogP contribution in [0.25, 0.3) is 5.65 Å². The van der Waals surface area contributed by atoms with E-state index in [1.807, 2.05) is 19.2 Å². The van der Waals surface area contributed by atoms with E-state index < -0.39 is 16.1 Å². The smallest absolute Gasteiger partial charge is 0.256 e. The number of rotatable bonds is 8. The predicted molar refractivity (Wildman–Crippen MR) is 156 cm³/mol. The second-order valence-electron chi connectivity index (χ2n) is 10.7. The van der Waals surface area contributed by atoms with Crippen LogP contribution in [0.4, 0.5) is 11.5 Å². The number of sulfonamides is 1. The Hall–Kier alpha value is -2.93. The zero-order valence-corrected chi connectivity index (χ0v) is 24.5. The van der Waals surface area contributed by atoms with E-state index in [-0.39, 0.29) is 29.2 Å². The number of aromatic nitrogens is 3. The Morgan fingerprint density at radius 1 is 1.23 bits per heavy atom. The molecule has 0 radical (unpaired) electrons. The molecule has 2 aliphatic heterocycles. The lowest BCUT2D eigenvalue weighted by Crippen LogP contribution is -2.39. The van der Waals surface area contributed by atoms with E-state index in [0.717, 1.165) is 55.6 Å². The molecule has 2 saturated heterocycles. The molecule has 11 nitrogen and oxygen atoms in total. The number of β-amino-alcohol motifs (C(OH)–C–C–N with tert-alkyl or cyclic N) is 1. The highest BCUT2D eigenvalue weighted by molar-refractivity contribution is 7.92. The van der Waals surface area contributed by atoms with E-state index in [0.29, 0.717) is 30.3 Å². The van der Waals surface area contributed by atoms with Crippen LogP contribution in [-0.2, 0) is 10.0 Å². The van der Waals surface area contributed by atoms with E-state index >= 15 is 0 Å². The molecule has 0 saturated carbocycles. The zero-order chi connectivity index (χ0) is 28.6. The van der Waals surface area contributed by atoms with Gasteiger partial charge in [-0.1, -0.05) is 18.5 Å². The number of benzene rings is 1. The molecule has 2 aromatic heterocycles. The molecule has 0 spiro atoms. The number of amides is 1. The number of aliphatic hydroxyl groups excluding tert-OH is 1. The fourth-order valence-corrected chi connectivity index (χ4v) is 6.36. The third kappa shape index (κ3) is 6.04. The Bertz CT molecular complexity index is 1510. The van der Waals surface area contributed by atoms with Crippen molar-refractivity contribution < 1.29 is 18.3 Å². The highest BCUT2D eigenvalue weighted by atomic mass is 35.5. The maximum absolute atomic E-state index is 13.8. The van der Waals surface area contributed by atoms with Crippen molar-refractivity contribution in [3.8, 4) is 0 Å². The molecule has 3 atom stereocenters. The van der Waals surface area contributed by atoms with Crippen molar-refractivity contribution in [3.05, 3.63) is 52.3 Å². The van der Waals surface area contributed by atoms with Gasteiger partial charge >= 0.3 is 0 Å². The lowest BCUT2D eigenvalue weighted by molar-refractivity contribution is 0.0607. The van der Waals surface area contributed by atoms with E-state index in [9.17, 15) is 18.3 Å². The molecule has 2 aliphatic rings. The fourth-order valence-electron chi connectivity index (χ4n) is 5.61. The molecule has 40 heavy (non-hydrogen) atoms. The SMILES string of the molecule is CCCNC1CN(c2nc3cc(C4CCCCN4C(=O)c4cc(Cl)ccc4NS(C)(=O)=O)nn3cc2C)CC1O. The predicted octanol–water partition coefficient (Wildman–Crippen LogP) is 2.98. The molecule has 216 valence electrons. The van der Waals surface area contributed by atoms with Crippen molar-refractivity contribution in [1.82, 2.24) is 24.8 Å². The number of aryl methyl sites for hydroxylation is 1. The maximum Gasteiger partial charge on any atom is 0.256 e. The van der Waals surface area contributed by atoms with Gasteiger partial charge in [0.1, 0.15) is 5.82 Å². The van der Waals surface area contributed by atoms with Gasteiger partial charge in [0, 0.05) is 42.5 Å². The Balaban J connectivity index is 1.44. The molecule has 2 fully saturated rings. The average molecular weight is 590 g/mol. The molecule has 3 aromatic rings. The summed E-state index contributed by atoms with van der Waals surface area (Å²) in [4.78, 5) is 22.6. The van der Waals surface area contributed by atoms with Crippen LogP contribution >= 0.6 is 11.6 Å². The standard InChI is InChI=1S/C27H36ClN7O4S/c1-4-10-29-22-15-33(16-24(22)36)26-17(2)14-35-25(30-26)13-21(31-35)23-7-5-6-11-34(23)27(37)19-12-18(28)8-9-20(19)32-40(3,38)39/h8-9,12-14,22-24,29,32,36H,4-7,10-11,15-16H2,1-3H3. The summed E-state index contributed by atoms with van der Waals surface area (Å²) in [5.41, 5.74) is 2.72. The van der Waals surface area contributed by atoms with Crippen molar-refractivity contribution in [2.75, 3.05) is 42.1 Å². The molecular formula is C27H36ClN7O4S. The summed E-state index contributed by atoms with van der Waals surface area (Å²) in [6, 6.07) is 6.16. The fraction of sp³-hybridized carbons (Fsp3) is 0.519. The molecular weight excluding hydrogens is 554 g/mol. The molecule has 1 aromatic carbocycles. The Morgan fingerprint density at radius 2 is 2.02 bits per heavy atom. The lowest BCUT2D eigenvalue weighted by atomic mass is 9.98. The van der Waals surface area contributed by atoms with Gasteiger partial charge in [-0.05, 0) is 57.4 Å². The van der Waals surface area contributed by atoms with Crippen molar-refractivity contribution in [1.29, 1.82) is 0 Å². The van der Waals surface area contributed by atoms with Gasteiger partial charge in [0.05, 0.1) is 41.4 Å². The van der Waals surface area contributed by atoms with Crippen LogP contribution in [-0.4, -0.2) is 83.5 Å². The van der Waals surface area contributed by atoms with Gasteiger partial charge in [0.15, 0.2) is 5.65 Å². The minimum atomic E-state index is -3.60. The van der Waals surface area contributed by atoms with Crippen LogP contribution in [0, 0.1) is 6.92 Å². The highest BCUT2D eigenvalue weighted by Gasteiger charge is 2.34. The van der Waals surface area contributed by atoms with Crippen molar-refractivity contribution >= 4 is 44.7 Å². The summed E-state index contributed by atoms with van der Waals surface area (Å²) in [5.74, 6) is 0.503. The monoisotopic (exact) mass is 589 g/mol. The third-order valence-corrected chi connectivity index (χ3v) is 8.31. The van der Waals surface area contributed by atoms with Crippen LogP contribution in [0.2, 0.25) is 5.02 Å². The number of nitrogens with zero attached hydrogens (tertiary/aromatic N) is 5. The van der Waals surface area contributed by atoms with E-state index in [1.54, 1.807) is 15.5 Å². The second-order valence-corrected chi connectivity index (χ2v) is 12.9. The van der Waals surface area contributed by atoms with Gasteiger partial charge in [0.2, 0.25) is 10.0 Å². The van der Waals surface area contributed by atoms with E-state index in [2.05, 4.69) is 21.9 Å². The number of hydrogen-bond acceptors (Lipinski definition) is 8. The Kier molecular flexibility index (Phi) is 8.23. The summed E-state index contributed by atoms with van der Waals surface area (Å²) >= 11 is 6.21. The quantitative estimate of drug-likeness (QED) is 0.365. The summed E-state index contributed by atoms with van der Waals surface area (Å²) in [7, 11) is -3.60. The zero-order valence-electron chi connectivity index (χ0n) is 23.0. The minimum absolute atomic E-state index is 0.00627. The number of carbonyl (C=O) groups is 1. The van der Waals surface area contributed by atoms with Crippen LogP contribution in [0.3, 0.4) is 0 Å².